The van der Waals surface area contributed by atoms with Gasteiger partial charge in [-0.1, -0.05) is 0 Å². The van der Waals surface area contributed by atoms with Gasteiger partial charge in [0.2, 0.25) is 0 Å². The fraction of sp³-hybridized carbons (Fsp3) is 0. The van der Waals surface area contributed by atoms with Gasteiger partial charge in [-0.2, -0.15) is 0 Å². The highest BCUT2D eigenvalue weighted by Gasteiger charge is 2.47. The highest BCUT2D eigenvalue weighted by atomic mass is 33.7. The van der Waals surface area contributed by atoms with Gasteiger partial charge in [0, 0.05) is 5.57 Å². The van der Waals surface area contributed by atoms with Crippen LogP contribution in [0.15, 0.2) is 33.8 Å². The molecule has 0 saturated carbocycles. The minimum Gasteiger partial charge on any atom is -0.541 e. The van der Waals surface area contributed by atoms with Crippen molar-refractivity contribution in [3.8, 4) is 0 Å². The first-order chi connectivity index (χ1) is 6.69. The topological polar surface area (TPSA) is 0 Å². The molecule has 1 aliphatic carbocycles. The Morgan fingerprint density at radius 1 is 1.29 bits per heavy atom. The molecule has 2 atom stereocenters. The van der Waals surface area contributed by atoms with E-state index in [1.165, 1.54) is 15.8 Å². The van der Waals surface area contributed by atoms with Gasteiger partial charge in [-0.05, 0) is 29.3 Å². The average molecular weight is 330 g/mol. The fourth-order valence-electron chi connectivity index (χ4n) is 1.23. The monoisotopic (exact) mass is 330 g/mol. The number of hydrogen-bond acceptors (Lipinski definition) is 6. The summed E-state index contributed by atoms with van der Waals surface area (Å²) in [6.07, 6.45) is 3.61. The van der Waals surface area contributed by atoms with E-state index in [9.17, 15) is 0 Å². The number of hydrogen-bond donors (Lipinski definition) is 0. The molecule has 0 spiro atoms. The smallest absolute Gasteiger partial charge is 0.122 e. The molecule has 0 amide bonds. The van der Waals surface area contributed by atoms with Crippen LogP contribution in [0, 0.1) is 0 Å². The molecule has 0 aromatic carbocycles. The second-order valence-electron chi connectivity index (χ2n) is 2.77. The normalized spacial score (nSPS) is 43.6. The third-order valence-corrected chi connectivity index (χ3v) is 26.8. The van der Waals surface area contributed by atoms with Gasteiger partial charge in [-0.25, -0.2) is 0 Å². The Labute approximate surface area is 110 Å². The summed E-state index contributed by atoms with van der Waals surface area (Å²) < 4.78 is 0. The van der Waals surface area contributed by atoms with E-state index < -0.39 is 11.2 Å². The molecule has 3 heterocycles. The average Bonchev–Trinajstić information content (AvgIpc) is 2.06. The van der Waals surface area contributed by atoms with Crippen molar-refractivity contribution in [1.82, 2.24) is 0 Å². The standard InChI is InChI=1S/C6H4P2S6/c9-7-3-6-4-1-2-5(4)8(10,13-11-6)14-12-7/h1-3,7H/b6-3-. The van der Waals surface area contributed by atoms with Crippen LogP contribution in [0.1, 0.15) is 0 Å². The van der Waals surface area contributed by atoms with Crippen LogP contribution in [0.3, 0.4) is 0 Å². The maximum absolute atomic E-state index is 5.77. The van der Waals surface area contributed by atoms with E-state index in [1.807, 2.05) is 42.0 Å². The molecule has 1 fully saturated rings. The van der Waals surface area contributed by atoms with Crippen molar-refractivity contribution in [2.45, 2.75) is 0 Å². The maximum atomic E-state index is 5.77. The van der Waals surface area contributed by atoms with E-state index in [-0.39, 0.29) is 0 Å². The lowest BCUT2D eigenvalue weighted by molar-refractivity contribution is 1.54. The van der Waals surface area contributed by atoms with Gasteiger partial charge < -0.3 is 24.5 Å². The van der Waals surface area contributed by atoms with Gasteiger partial charge in [0.15, 0.2) is 0 Å². The third-order valence-electron chi connectivity index (χ3n) is 1.94. The summed E-state index contributed by atoms with van der Waals surface area (Å²) in [4.78, 5) is -0.0146. The lowest BCUT2D eigenvalue weighted by atomic mass is 10.1. The van der Waals surface area contributed by atoms with Crippen molar-refractivity contribution in [1.29, 1.82) is 0 Å². The Hall–Kier alpha value is 2.18. The molecule has 0 aromatic rings. The van der Waals surface area contributed by atoms with Crippen LogP contribution in [-0.2, 0) is 24.5 Å². The predicted octanol–water partition coefficient (Wildman–Crippen LogP) is 5.34. The van der Waals surface area contributed by atoms with E-state index in [0.29, 0.717) is 0 Å². The van der Waals surface area contributed by atoms with Crippen LogP contribution in [0.5, 0.6) is 0 Å². The number of rotatable bonds is 0. The van der Waals surface area contributed by atoms with E-state index >= 15 is 0 Å². The molecule has 0 N–H and O–H groups in total. The zero-order valence-corrected chi connectivity index (χ0v) is 13.4. The Kier molecular flexibility index (Phi) is 3.33. The Bertz CT molecular complexity index is 388. The van der Waals surface area contributed by atoms with Crippen molar-refractivity contribution < 1.29 is 0 Å². The first kappa shape index (κ1) is 11.3. The molecular formula is C6H4P2S6. The van der Waals surface area contributed by atoms with Crippen LogP contribution < -0.4 is 0 Å². The van der Waals surface area contributed by atoms with Crippen LogP contribution in [-0.4, -0.2) is 0 Å². The summed E-state index contributed by atoms with van der Waals surface area (Å²) in [6.45, 7) is 0. The van der Waals surface area contributed by atoms with Crippen molar-refractivity contribution in [2.75, 3.05) is 0 Å². The van der Waals surface area contributed by atoms with Crippen LogP contribution >= 0.6 is 53.2 Å². The first-order valence-electron chi connectivity index (χ1n) is 3.71. The second kappa shape index (κ2) is 4.13. The molecule has 0 radical (unpaired) electrons. The van der Waals surface area contributed by atoms with Crippen molar-refractivity contribution >= 4 is 77.7 Å². The first-order valence-corrected chi connectivity index (χ1v) is 15.5. The summed E-state index contributed by atoms with van der Waals surface area (Å²) in [6, 6.07) is 0. The van der Waals surface area contributed by atoms with Gasteiger partial charge >= 0.3 is 0 Å². The van der Waals surface area contributed by atoms with E-state index in [0.717, 1.165) is 0 Å². The molecule has 4 rings (SSSR count). The molecule has 1 saturated heterocycles. The van der Waals surface area contributed by atoms with Crippen LogP contribution in [0.25, 0.3) is 0 Å². The summed E-state index contributed by atoms with van der Waals surface area (Å²) >= 11 is 11.2. The third kappa shape index (κ3) is 1.78. The second-order valence-corrected chi connectivity index (χ2v) is 22.7. The molecule has 74 valence electrons. The summed E-state index contributed by atoms with van der Waals surface area (Å²) in [5.74, 6) is 2.28. The lowest BCUT2D eigenvalue weighted by Gasteiger charge is -2.38. The summed E-state index contributed by atoms with van der Waals surface area (Å²) in [5, 5.41) is 1.43. The predicted molar refractivity (Wildman–Crippen MR) is 84.6 cm³/mol. The summed E-state index contributed by atoms with van der Waals surface area (Å²) in [5.41, 5.74) is 1.40. The molecular weight excluding hydrogens is 326 g/mol. The lowest BCUT2D eigenvalue weighted by Crippen LogP contribution is -2.03. The van der Waals surface area contributed by atoms with Gasteiger partial charge in [-0.3, -0.25) is 0 Å². The Balaban J connectivity index is 2.08. The van der Waals surface area contributed by atoms with Gasteiger partial charge in [0.25, 0.3) is 0 Å². The largest absolute Gasteiger partial charge is 0.541 e. The SMILES string of the molecule is [S-][PH+]1/C=C2\SS[P+]([S-])(SS1)C1=CC=C12. The van der Waals surface area contributed by atoms with E-state index in [2.05, 4.69) is 18.0 Å². The van der Waals surface area contributed by atoms with Crippen LogP contribution in [0.4, 0.5) is 0 Å². The quantitative estimate of drug-likeness (QED) is 0.331. The molecule has 2 unspecified atom stereocenters. The zero-order chi connectivity index (χ0) is 9.76. The number of allylic oxidation sites excluding steroid dienone is 4. The maximum Gasteiger partial charge on any atom is 0.122 e. The molecule has 3 aliphatic heterocycles. The highest BCUT2D eigenvalue weighted by Crippen LogP contribution is 2.96. The van der Waals surface area contributed by atoms with Gasteiger partial charge in [-0.15, -0.1) is 0 Å². The van der Waals surface area contributed by atoms with E-state index in [1.54, 1.807) is 0 Å². The molecule has 2 bridgehead atoms. The molecule has 8 heteroatoms. The highest BCUT2D eigenvalue weighted by molar-refractivity contribution is 9.41. The molecule has 0 nitrogen and oxygen atoms in total. The number of fused-ring (bicyclic) bond motifs is 4. The molecule has 4 aliphatic rings. The molecule has 0 aromatic heterocycles. The minimum absolute atomic E-state index is 0.782. The summed E-state index contributed by atoms with van der Waals surface area (Å²) in [7, 11) is 7.48. The van der Waals surface area contributed by atoms with Gasteiger partial charge in [0.1, 0.15) is 26.1 Å². The van der Waals surface area contributed by atoms with Crippen molar-refractivity contribution in [3.63, 3.8) is 0 Å². The van der Waals surface area contributed by atoms with Crippen molar-refractivity contribution in [2.24, 2.45) is 0 Å². The minimum atomic E-state index is -1.39. The molecule has 14 heavy (non-hydrogen) atoms. The van der Waals surface area contributed by atoms with Gasteiger partial charge in [0.05, 0.1) is 26.0 Å². The Morgan fingerprint density at radius 3 is 2.86 bits per heavy atom. The van der Waals surface area contributed by atoms with E-state index in [4.69, 9.17) is 24.5 Å². The Morgan fingerprint density at radius 2 is 2.14 bits per heavy atom. The van der Waals surface area contributed by atoms with Crippen LogP contribution in [0.2, 0.25) is 0 Å². The van der Waals surface area contributed by atoms with Crippen molar-refractivity contribution in [3.05, 3.63) is 33.8 Å². The zero-order valence-electron chi connectivity index (χ0n) is 6.63. The fourth-order valence-corrected chi connectivity index (χ4v) is 30.5.